The first-order valence-electron chi connectivity index (χ1n) is 3.04. The molecule has 0 aromatic rings. The van der Waals surface area contributed by atoms with Crippen LogP contribution in [0.3, 0.4) is 0 Å². The molecular weight excluding hydrogens is 136 g/mol. The minimum absolute atomic E-state index is 0.720. The summed E-state index contributed by atoms with van der Waals surface area (Å²) in [5.74, 6) is 0. The molecule has 0 heterocycles. The standard InChI is InChI=1S/C5H14N2OS/c1-9(8)7-5-3-2-4-6/h7H,2-6H2,1H3. The average molecular weight is 150 g/mol. The number of nitrogens with two attached hydrogens (primary N) is 1. The molecule has 0 saturated heterocycles. The van der Waals surface area contributed by atoms with Gasteiger partial charge in [-0.05, 0) is 19.4 Å². The van der Waals surface area contributed by atoms with Crippen molar-refractivity contribution in [2.24, 2.45) is 5.73 Å². The molecule has 1 unspecified atom stereocenters. The van der Waals surface area contributed by atoms with Crippen molar-refractivity contribution in [3.05, 3.63) is 0 Å². The molecule has 0 aromatic heterocycles. The molecule has 0 amide bonds. The van der Waals surface area contributed by atoms with Crippen molar-refractivity contribution in [1.29, 1.82) is 0 Å². The van der Waals surface area contributed by atoms with Gasteiger partial charge in [-0.25, -0.2) is 8.93 Å². The fraction of sp³-hybridized carbons (Fsp3) is 1.00. The second-order valence-electron chi connectivity index (χ2n) is 1.84. The highest BCUT2D eigenvalue weighted by Gasteiger charge is 1.87. The molecule has 0 fully saturated rings. The van der Waals surface area contributed by atoms with Gasteiger partial charge in [0.25, 0.3) is 0 Å². The van der Waals surface area contributed by atoms with Gasteiger partial charge in [0.2, 0.25) is 0 Å². The number of unbranched alkanes of at least 4 members (excludes halogenated alkanes) is 1. The van der Waals surface area contributed by atoms with Gasteiger partial charge in [-0.2, -0.15) is 0 Å². The van der Waals surface area contributed by atoms with E-state index in [2.05, 4.69) is 4.72 Å². The van der Waals surface area contributed by atoms with E-state index >= 15 is 0 Å². The van der Waals surface area contributed by atoms with Crippen molar-refractivity contribution in [3.8, 4) is 0 Å². The van der Waals surface area contributed by atoms with Crippen molar-refractivity contribution < 1.29 is 4.21 Å². The van der Waals surface area contributed by atoms with Crippen LogP contribution >= 0.6 is 0 Å². The monoisotopic (exact) mass is 150 g/mol. The number of rotatable bonds is 5. The van der Waals surface area contributed by atoms with Gasteiger partial charge in [-0.1, -0.05) is 0 Å². The van der Waals surface area contributed by atoms with Crippen LogP contribution in [0.5, 0.6) is 0 Å². The van der Waals surface area contributed by atoms with Crippen LogP contribution in [0.15, 0.2) is 0 Å². The highest BCUT2D eigenvalue weighted by atomic mass is 32.2. The lowest BCUT2D eigenvalue weighted by Gasteiger charge is -1.97. The van der Waals surface area contributed by atoms with E-state index in [0.717, 1.165) is 25.9 Å². The molecular formula is C5H14N2OS. The second kappa shape index (κ2) is 6.19. The Bertz CT molecular complexity index is 87.0. The van der Waals surface area contributed by atoms with Crippen LogP contribution in [0.2, 0.25) is 0 Å². The number of nitrogens with one attached hydrogen (secondary N) is 1. The minimum atomic E-state index is -0.860. The summed E-state index contributed by atoms with van der Waals surface area (Å²) in [6, 6.07) is 0. The van der Waals surface area contributed by atoms with Crippen LogP contribution in [0.1, 0.15) is 12.8 Å². The molecule has 0 rings (SSSR count). The summed E-state index contributed by atoms with van der Waals surface area (Å²) in [7, 11) is -0.860. The summed E-state index contributed by atoms with van der Waals surface area (Å²) in [4.78, 5) is 0. The lowest BCUT2D eigenvalue weighted by atomic mass is 10.3. The molecule has 0 aliphatic carbocycles. The Morgan fingerprint density at radius 1 is 1.56 bits per heavy atom. The molecule has 56 valence electrons. The van der Waals surface area contributed by atoms with E-state index in [4.69, 9.17) is 5.73 Å². The highest BCUT2D eigenvalue weighted by molar-refractivity contribution is 7.82. The summed E-state index contributed by atoms with van der Waals surface area (Å²) in [5, 5.41) is 0. The molecule has 0 aliphatic rings. The Kier molecular flexibility index (Phi) is 6.24. The Morgan fingerprint density at radius 3 is 2.67 bits per heavy atom. The van der Waals surface area contributed by atoms with Crippen molar-refractivity contribution in [2.75, 3.05) is 19.3 Å². The van der Waals surface area contributed by atoms with E-state index < -0.39 is 11.0 Å². The predicted octanol–water partition coefficient (Wildman–Crippen LogP) is -0.392. The zero-order valence-electron chi connectivity index (χ0n) is 5.72. The number of hydrogen-bond acceptors (Lipinski definition) is 2. The van der Waals surface area contributed by atoms with Gasteiger partial charge in [0.05, 0.1) is 11.0 Å². The van der Waals surface area contributed by atoms with Gasteiger partial charge >= 0.3 is 0 Å². The van der Waals surface area contributed by atoms with Crippen LogP contribution in [0.4, 0.5) is 0 Å². The summed E-state index contributed by atoms with van der Waals surface area (Å²) >= 11 is 0. The molecule has 9 heavy (non-hydrogen) atoms. The molecule has 0 aromatic carbocycles. The van der Waals surface area contributed by atoms with Crippen molar-refractivity contribution in [1.82, 2.24) is 4.72 Å². The molecule has 1 atom stereocenters. The molecule has 3 N–H and O–H groups in total. The summed E-state index contributed by atoms with van der Waals surface area (Å²) in [6.07, 6.45) is 3.64. The van der Waals surface area contributed by atoms with E-state index in [1.54, 1.807) is 6.26 Å². The third kappa shape index (κ3) is 8.07. The van der Waals surface area contributed by atoms with Crippen LogP contribution in [0, 0.1) is 0 Å². The first-order chi connectivity index (χ1) is 4.27. The maximum atomic E-state index is 10.4. The van der Waals surface area contributed by atoms with E-state index in [1.807, 2.05) is 0 Å². The van der Waals surface area contributed by atoms with Crippen molar-refractivity contribution >= 4 is 11.0 Å². The normalized spacial score (nSPS) is 13.6. The molecule has 4 heteroatoms. The van der Waals surface area contributed by atoms with E-state index in [0.29, 0.717) is 0 Å². The third-order valence-corrected chi connectivity index (χ3v) is 1.55. The fourth-order valence-corrected chi connectivity index (χ4v) is 0.917. The molecule has 0 aliphatic heterocycles. The molecule has 0 radical (unpaired) electrons. The molecule has 0 saturated carbocycles. The van der Waals surface area contributed by atoms with Crippen molar-refractivity contribution in [3.63, 3.8) is 0 Å². The number of hydrogen-bond donors (Lipinski definition) is 2. The Morgan fingerprint density at radius 2 is 2.22 bits per heavy atom. The maximum absolute atomic E-state index is 10.4. The third-order valence-electron chi connectivity index (χ3n) is 0.936. The van der Waals surface area contributed by atoms with E-state index in [-0.39, 0.29) is 0 Å². The summed E-state index contributed by atoms with van der Waals surface area (Å²) < 4.78 is 13.2. The summed E-state index contributed by atoms with van der Waals surface area (Å²) in [6.45, 7) is 1.53. The quantitative estimate of drug-likeness (QED) is 0.524. The second-order valence-corrected chi connectivity index (χ2v) is 3.04. The van der Waals surface area contributed by atoms with Gasteiger partial charge in [0, 0.05) is 12.8 Å². The lowest BCUT2D eigenvalue weighted by molar-refractivity contribution is 0.665. The average Bonchev–Trinajstić information content (AvgIpc) is 1.80. The largest absolute Gasteiger partial charge is 0.330 e. The molecule has 0 spiro atoms. The first-order valence-corrected chi connectivity index (χ1v) is 4.60. The predicted molar refractivity (Wildman–Crippen MR) is 40.4 cm³/mol. The maximum Gasteiger partial charge on any atom is 0.0883 e. The van der Waals surface area contributed by atoms with Gasteiger partial charge in [-0.15, -0.1) is 0 Å². The molecule has 3 nitrogen and oxygen atoms in total. The van der Waals surface area contributed by atoms with E-state index in [9.17, 15) is 4.21 Å². The van der Waals surface area contributed by atoms with Crippen molar-refractivity contribution in [2.45, 2.75) is 12.8 Å². The van der Waals surface area contributed by atoms with Crippen LogP contribution in [-0.4, -0.2) is 23.6 Å². The lowest BCUT2D eigenvalue weighted by Crippen LogP contribution is -2.17. The topological polar surface area (TPSA) is 55.1 Å². The Hall–Kier alpha value is 0.0700. The fourth-order valence-electron chi connectivity index (χ4n) is 0.485. The zero-order chi connectivity index (χ0) is 7.11. The van der Waals surface area contributed by atoms with Crippen LogP contribution in [-0.2, 0) is 11.0 Å². The van der Waals surface area contributed by atoms with Crippen LogP contribution < -0.4 is 10.5 Å². The zero-order valence-corrected chi connectivity index (χ0v) is 6.54. The molecule has 0 bridgehead atoms. The Balaban J connectivity index is 2.83. The first kappa shape index (κ1) is 9.07. The van der Waals surface area contributed by atoms with Gasteiger partial charge in [0.1, 0.15) is 0 Å². The van der Waals surface area contributed by atoms with Crippen LogP contribution in [0.25, 0.3) is 0 Å². The van der Waals surface area contributed by atoms with Gasteiger partial charge in [0.15, 0.2) is 0 Å². The van der Waals surface area contributed by atoms with E-state index in [1.165, 1.54) is 0 Å². The smallest absolute Gasteiger partial charge is 0.0883 e. The Labute approximate surface area is 58.6 Å². The van der Waals surface area contributed by atoms with Gasteiger partial charge < -0.3 is 5.73 Å². The SMILES string of the molecule is CS(=O)NCCCCN. The minimum Gasteiger partial charge on any atom is -0.330 e. The summed E-state index contributed by atoms with van der Waals surface area (Å²) in [5.41, 5.74) is 5.24. The van der Waals surface area contributed by atoms with Gasteiger partial charge in [-0.3, -0.25) is 0 Å². The highest BCUT2D eigenvalue weighted by Crippen LogP contribution is 1.81.